The molecule has 0 aliphatic heterocycles. The first-order valence-corrected chi connectivity index (χ1v) is 7.33. The van der Waals surface area contributed by atoms with Gasteiger partial charge in [-0.1, -0.05) is 19.1 Å². The van der Waals surface area contributed by atoms with Crippen molar-refractivity contribution in [2.45, 2.75) is 32.7 Å². The number of carbonyl (C=O) groups is 2. The van der Waals surface area contributed by atoms with Gasteiger partial charge in [0.2, 0.25) is 0 Å². The Morgan fingerprint density at radius 3 is 2.57 bits per heavy atom. The van der Waals surface area contributed by atoms with Gasteiger partial charge in [-0.05, 0) is 37.1 Å². The van der Waals surface area contributed by atoms with Crippen LogP contribution in [0.1, 0.15) is 32.3 Å². The van der Waals surface area contributed by atoms with Crippen LogP contribution >= 0.6 is 0 Å². The normalized spacial score (nSPS) is 12.1. The molecule has 23 heavy (non-hydrogen) atoms. The van der Waals surface area contributed by atoms with Crippen LogP contribution in [0.2, 0.25) is 0 Å². The van der Waals surface area contributed by atoms with Crippen molar-refractivity contribution >= 4 is 18.0 Å². The minimum absolute atomic E-state index is 0.00395. The number of hydrogen-bond acceptors (Lipinski definition) is 4. The lowest BCUT2D eigenvalue weighted by molar-refractivity contribution is -0.137. The van der Waals surface area contributed by atoms with Gasteiger partial charge < -0.3 is 15.2 Å². The topological polar surface area (TPSA) is 99.4 Å². The molecule has 122 valence electrons. The van der Waals surface area contributed by atoms with Crippen LogP contribution in [0.25, 0.3) is 6.08 Å². The van der Waals surface area contributed by atoms with Gasteiger partial charge in [-0.25, -0.2) is 0 Å². The number of rotatable bonds is 8. The zero-order chi connectivity index (χ0) is 17.2. The molecule has 0 fully saturated rings. The number of hydrogen-bond donors (Lipinski definition) is 2. The summed E-state index contributed by atoms with van der Waals surface area (Å²) in [6.45, 7) is 3.91. The van der Waals surface area contributed by atoms with Gasteiger partial charge in [0.05, 0.1) is 13.0 Å². The fourth-order valence-corrected chi connectivity index (χ4v) is 1.64. The second-order valence-electron chi connectivity index (χ2n) is 5.01. The van der Waals surface area contributed by atoms with Crippen LogP contribution in [0.4, 0.5) is 0 Å². The molecule has 1 rings (SSSR count). The molecule has 2 N–H and O–H groups in total. The number of carboxylic acid groups (broad SMARTS) is 1. The van der Waals surface area contributed by atoms with Gasteiger partial charge in [0.25, 0.3) is 5.91 Å². The van der Waals surface area contributed by atoms with Crippen molar-refractivity contribution in [1.82, 2.24) is 5.32 Å². The van der Waals surface area contributed by atoms with Crippen molar-refractivity contribution in [3.8, 4) is 11.8 Å². The molecular weight excluding hydrogens is 296 g/mol. The maximum Gasteiger partial charge on any atom is 0.306 e. The van der Waals surface area contributed by atoms with E-state index in [1.807, 2.05) is 19.9 Å². The second-order valence-corrected chi connectivity index (χ2v) is 5.01. The Morgan fingerprint density at radius 1 is 1.39 bits per heavy atom. The maximum atomic E-state index is 11.9. The first-order valence-electron chi connectivity index (χ1n) is 7.33. The third kappa shape index (κ3) is 6.66. The van der Waals surface area contributed by atoms with E-state index < -0.39 is 11.9 Å². The summed E-state index contributed by atoms with van der Waals surface area (Å²) in [4.78, 5) is 22.3. The zero-order valence-electron chi connectivity index (χ0n) is 13.2. The largest absolute Gasteiger partial charge is 0.493 e. The van der Waals surface area contributed by atoms with E-state index in [0.29, 0.717) is 11.3 Å². The number of amides is 1. The molecule has 1 aromatic rings. The molecule has 1 aromatic carbocycles. The Hall–Kier alpha value is -2.81. The Balaban J connectivity index is 2.72. The van der Waals surface area contributed by atoms with Crippen LogP contribution in [-0.2, 0) is 9.59 Å². The average Bonchev–Trinajstić information content (AvgIpc) is 2.53. The van der Waals surface area contributed by atoms with Crippen molar-refractivity contribution in [3.05, 3.63) is 35.4 Å². The number of aliphatic carboxylic acids is 1. The highest BCUT2D eigenvalue weighted by Gasteiger charge is 2.11. The average molecular weight is 316 g/mol. The molecule has 0 spiro atoms. The fourth-order valence-electron chi connectivity index (χ4n) is 1.64. The van der Waals surface area contributed by atoms with E-state index in [1.54, 1.807) is 24.3 Å². The van der Waals surface area contributed by atoms with Crippen LogP contribution in [0.15, 0.2) is 29.8 Å². The lowest BCUT2D eigenvalue weighted by Crippen LogP contribution is -2.32. The number of nitrogens with zero attached hydrogens (tertiary/aromatic N) is 1. The summed E-state index contributed by atoms with van der Waals surface area (Å²) in [5.74, 6) is -0.787. The van der Waals surface area contributed by atoms with E-state index in [1.165, 1.54) is 6.08 Å². The smallest absolute Gasteiger partial charge is 0.306 e. The van der Waals surface area contributed by atoms with E-state index in [4.69, 9.17) is 15.1 Å². The first-order chi connectivity index (χ1) is 11.0. The number of carboxylic acids is 1. The highest BCUT2D eigenvalue weighted by Crippen LogP contribution is 2.15. The van der Waals surface area contributed by atoms with Crippen molar-refractivity contribution in [2.24, 2.45) is 0 Å². The van der Waals surface area contributed by atoms with Gasteiger partial charge in [-0.2, -0.15) is 5.26 Å². The van der Waals surface area contributed by atoms with Gasteiger partial charge in [0.15, 0.2) is 0 Å². The molecule has 0 unspecified atom stereocenters. The van der Waals surface area contributed by atoms with E-state index in [-0.39, 0.29) is 24.6 Å². The Kier molecular flexibility index (Phi) is 7.34. The van der Waals surface area contributed by atoms with Gasteiger partial charge in [0, 0.05) is 6.04 Å². The van der Waals surface area contributed by atoms with Gasteiger partial charge in [-0.3, -0.25) is 9.59 Å². The molecule has 1 amide bonds. The highest BCUT2D eigenvalue weighted by atomic mass is 16.5. The van der Waals surface area contributed by atoms with Crippen molar-refractivity contribution in [1.29, 1.82) is 5.26 Å². The van der Waals surface area contributed by atoms with Crippen LogP contribution in [-0.4, -0.2) is 29.6 Å². The SMILES string of the molecule is CC[C@@H](C)NC(=O)/C(C#N)=C/c1ccc(OCCC(=O)O)cc1. The van der Waals surface area contributed by atoms with Gasteiger partial charge >= 0.3 is 5.97 Å². The second kappa shape index (κ2) is 9.26. The molecule has 0 saturated carbocycles. The molecule has 0 aliphatic rings. The van der Waals surface area contributed by atoms with E-state index in [0.717, 1.165) is 6.42 Å². The van der Waals surface area contributed by atoms with Crippen molar-refractivity contribution in [3.63, 3.8) is 0 Å². The van der Waals surface area contributed by atoms with E-state index in [2.05, 4.69) is 5.32 Å². The number of nitrogens with one attached hydrogen (secondary N) is 1. The first kappa shape index (κ1) is 18.2. The van der Waals surface area contributed by atoms with Crippen LogP contribution in [0.3, 0.4) is 0 Å². The van der Waals surface area contributed by atoms with Gasteiger partial charge in [-0.15, -0.1) is 0 Å². The summed E-state index contributed by atoms with van der Waals surface area (Å²) < 4.78 is 5.27. The zero-order valence-corrected chi connectivity index (χ0v) is 13.2. The maximum absolute atomic E-state index is 11.9. The number of ether oxygens (including phenoxy) is 1. The number of benzene rings is 1. The van der Waals surface area contributed by atoms with E-state index in [9.17, 15) is 9.59 Å². The number of nitriles is 1. The summed E-state index contributed by atoms with van der Waals surface area (Å²) >= 11 is 0. The standard InChI is InChI=1S/C17H20N2O4/c1-3-12(2)19-17(22)14(11-18)10-13-4-6-15(7-5-13)23-9-8-16(20)21/h4-7,10,12H,3,8-9H2,1-2H3,(H,19,22)(H,20,21)/b14-10+/t12-/m1/s1. The molecule has 1 atom stereocenters. The van der Waals surface area contributed by atoms with Crippen molar-refractivity contribution in [2.75, 3.05) is 6.61 Å². The van der Waals surface area contributed by atoms with E-state index >= 15 is 0 Å². The van der Waals surface area contributed by atoms with Crippen LogP contribution in [0.5, 0.6) is 5.75 Å². The predicted molar refractivity (Wildman–Crippen MR) is 85.7 cm³/mol. The molecule has 0 bridgehead atoms. The van der Waals surface area contributed by atoms with Crippen LogP contribution < -0.4 is 10.1 Å². The summed E-state index contributed by atoms with van der Waals surface area (Å²) in [5, 5.41) is 20.4. The Morgan fingerprint density at radius 2 is 2.04 bits per heavy atom. The Bertz CT molecular complexity index is 614. The highest BCUT2D eigenvalue weighted by molar-refractivity contribution is 6.01. The summed E-state index contributed by atoms with van der Waals surface area (Å²) in [5.41, 5.74) is 0.719. The van der Waals surface area contributed by atoms with Crippen molar-refractivity contribution < 1.29 is 19.4 Å². The minimum atomic E-state index is -0.921. The minimum Gasteiger partial charge on any atom is -0.493 e. The summed E-state index contributed by atoms with van der Waals surface area (Å²) in [7, 11) is 0. The third-order valence-corrected chi connectivity index (χ3v) is 3.13. The third-order valence-electron chi connectivity index (χ3n) is 3.13. The molecule has 0 aromatic heterocycles. The molecule has 6 heteroatoms. The van der Waals surface area contributed by atoms with Crippen LogP contribution in [0, 0.1) is 11.3 Å². The quantitative estimate of drug-likeness (QED) is 0.566. The van der Waals surface area contributed by atoms with Gasteiger partial charge in [0.1, 0.15) is 17.4 Å². The Labute approximate surface area is 135 Å². The molecule has 0 aliphatic carbocycles. The monoisotopic (exact) mass is 316 g/mol. The predicted octanol–water partition coefficient (Wildman–Crippen LogP) is 2.36. The molecule has 0 saturated heterocycles. The molecular formula is C17H20N2O4. The molecule has 0 radical (unpaired) electrons. The summed E-state index contributed by atoms with van der Waals surface area (Å²) in [6.07, 6.45) is 2.21. The molecule has 6 nitrogen and oxygen atoms in total. The lowest BCUT2D eigenvalue weighted by atomic mass is 10.1. The fraction of sp³-hybridized carbons (Fsp3) is 0.353. The lowest BCUT2D eigenvalue weighted by Gasteiger charge is -2.10. The molecule has 0 heterocycles. The summed E-state index contributed by atoms with van der Waals surface area (Å²) in [6, 6.07) is 8.62. The number of carbonyl (C=O) groups excluding carboxylic acids is 1.